The Morgan fingerprint density at radius 3 is 2.40 bits per heavy atom. The summed E-state index contributed by atoms with van der Waals surface area (Å²) < 4.78 is 24.9. The molecule has 6 atom stereocenters. The molecule has 3 saturated carbocycles. The molecule has 9 heteroatoms. The number of carbonyl (C=O) groups is 2. The molecule has 2 N–H and O–H groups in total. The minimum absolute atomic E-state index is 0.0361. The lowest BCUT2D eigenvalue weighted by atomic mass is 9.43. The molecule has 1 heterocycles. The van der Waals surface area contributed by atoms with E-state index in [9.17, 15) is 9.59 Å². The molecule has 3 aliphatic carbocycles. The van der Waals surface area contributed by atoms with Crippen LogP contribution in [0.3, 0.4) is 0 Å². The van der Waals surface area contributed by atoms with Crippen molar-refractivity contribution in [1.82, 2.24) is 10.6 Å². The van der Waals surface area contributed by atoms with E-state index in [0.29, 0.717) is 35.1 Å². The van der Waals surface area contributed by atoms with Crippen molar-refractivity contribution in [3.63, 3.8) is 0 Å². The Morgan fingerprint density at radius 1 is 1.09 bits per heavy atom. The van der Waals surface area contributed by atoms with E-state index in [1.54, 1.807) is 13.2 Å². The van der Waals surface area contributed by atoms with Crippen LogP contribution < -0.4 is 15.4 Å². The molecule has 4 fully saturated rings. The van der Waals surface area contributed by atoms with Crippen molar-refractivity contribution in [3.05, 3.63) is 64.7 Å². The van der Waals surface area contributed by atoms with Gasteiger partial charge in [-0.15, -0.1) is 0 Å². The van der Waals surface area contributed by atoms with Gasteiger partial charge in [0, 0.05) is 11.6 Å². The number of hydrogen-bond donors (Lipinski definition) is 2. The van der Waals surface area contributed by atoms with Crippen LogP contribution in [0.25, 0.3) is 0 Å². The van der Waals surface area contributed by atoms with Gasteiger partial charge in [-0.1, -0.05) is 38.1 Å². The number of rotatable bonds is 9. The SMILES string of the molecule is CNC(C)c1ccc(C(=O)NC(Cc2cccc(C(=O)OC(C)(C)C)c2OC)B2OC3CC4CC(C4(C)C)C3(C)O2)cc1. The maximum atomic E-state index is 13.7. The number of benzene rings is 2. The highest BCUT2D eigenvalue weighted by molar-refractivity contribution is 6.48. The zero-order valence-corrected chi connectivity index (χ0v) is 27.1. The van der Waals surface area contributed by atoms with Crippen molar-refractivity contribution < 1.29 is 28.4 Å². The van der Waals surface area contributed by atoms with Gasteiger partial charge in [-0.05, 0) is 108 Å². The van der Waals surface area contributed by atoms with Gasteiger partial charge in [-0.3, -0.25) is 4.79 Å². The van der Waals surface area contributed by atoms with E-state index >= 15 is 0 Å². The Kier molecular flexibility index (Phi) is 8.48. The molecular formula is C34H47BN2O6. The quantitative estimate of drug-likeness (QED) is 0.293. The zero-order chi connectivity index (χ0) is 31.3. The molecule has 2 aromatic rings. The molecule has 1 amide bonds. The van der Waals surface area contributed by atoms with Crippen LogP contribution in [0.2, 0.25) is 0 Å². The van der Waals surface area contributed by atoms with Crippen LogP contribution in [0.5, 0.6) is 5.75 Å². The zero-order valence-electron chi connectivity index (χ0n) is 27.1. The van der Waals surface area contributed by atoms with E-state index in [0.717, 1.165) is 24.0 Å². The predicted octanol–water partition coefficient (Wildman–Crippen LogP) is 5.54. The van der Waals surface area contributed by atoms with Crippen molar-refractivity contribution in [3.8, 4) is 5.75 Å². The van der Waals surface area contributed by atoms with Gasteiger partial charge in [0.1, 0.15) is 16.9 Å². The van der Waals surface area contributed by atoms with Gasteiger partial charge in [0.25, 0.3) is 5.91 Å². The van der Waals surface area contributed by atoms with E-state index in [1.807, 2.05) is 64.2 Å². The first-order valence-corrected chi connectivity index (χ1v) is 15.5. The van der Waals surface area contributed by atoms with Gasteiger partial charge in [-0.25, -0.2) is 4.79 Å². The fourth-order valence-corrected chi connectivity index (χ4v) is 7.35. The summed E-state index contributed by atoms with van der Waals surface area (Å²) in [7, 11) is 2.79. The summed E-state index contributed by atoms with van der Waals surface area (Å²) in [5.74, 6) is 0.205. The number of carbonyl (C=O) groups excluding carboxylic acids is 2. The number of nitrogens with one attached hydrogen (secondary N) is 2. The molecule has 8 nitrogen and oxygen atoms in total. The van der Waals surface area contributed by atoms with E-state index in [-0.39, 0.29) is 23.5 Å². The fourth-order valence-electron chi connectivity index (χ4n) is 7.35. The average molecular weight is 591 g/mol. The first kappa shape index (κ1) is 31.5. The van der Waals surface area contributed by atoms with Gasteiger partial charge in [0.15, 0.2) is 0 Å². The Morgan fingerprint density at radius 2 is 1.79 bits per heavy atom. The second-order valence-corrected chi connectivity index (χ2v) is 14.3. The largest absolute Gasteiger partial charge is 0.496 e. The molecule has 0 spiro atoms. The Bertz CT molecular complexity index is 1360. The van der Waals surface area contributed by atoms with Crippen LogP contribution in [0.4, 0.5) is 0 Å². The molecule has 2 aromatic carbocycles. The van der Waals surface area contributed by atoms with Crippen LogP contribution in [-0.2, 0) is 20.5 Å². The average Bonchev–Trinajstić information content (AvgIpc) is 3.32. The highest BCUT2D eigenvalue weighted by atomic mass is 16.7. The summed E-state index contributed by atoms with van der Waals surface area (Å²) in [6, 6.07) is 13.2. The first-order chi connectivity index (χ1) is 20.2. The van der Waals surface area contributed by atoms with E-state index < -0.39 is 30.2 Å². The molecule has 1 aliphatic heterocycles. The summed E-state index contributed by atoms with van der Waals surface area (Å²) in [4.78, 5) is 26.7. The number of hydrogen-bond acceptors (Lipinski definition) is 7. The highest BCUT2D eigenvalue weighted by Gasteiger charge is 2.68. The predicted molar refractivity (Wildman–Crippen MR) is 167 cm³/mol. The summed E-state index contributed by atoms with van der Waals surface area (Å²) in [6.07, 6.45) is 2.38. The standard InChI is InChI=1S/C34H47BN2O6/c1-20(36-8)21-13-15-22(16-14-21)30(38)37-28(35-42-27-19-24-18-26(33(24,5)6)34(27,7)43-35)17-23-11-10-12-25(29(23)40-9)31(39)41-32(2,3)4/h10-16,20,24,26-28,36H,17-19H2,1-9H3,(H,37,38). The van der Waals surface area contributed by atoms with Crippen LogP contribution in [0, 0.1) is 17.3 Å². The lowest BCUT2D eigenvalue weighted by Crippen LogP contribution is -2.65. The number of esters is 1. The van der Waals surface area contributed by atoms with Crippen molar-refractivity contribution in [2.75, 3.05) is 14.2 Å². The lowest BCUT2D eigenvalue weighted by molar-refractivity contribution is -0.199. The smallest absolute Gasteiger partial charge is 0.482 e. The Balaban J connectivity index is 1.44. The Hall–Kier alpha value is -2.88. The van der Waals surface area contributed by atoms with Crippen LogP contribution in [-0.4, -0.2) is 56.4 Å². The molecule has 0 radical (unpaired) electrons. The maximum Gasteiger partial charge on any atom is 0.482 e. The number of methoxy groups -OCH3 is 1. The third-order valence-corrected chi connectivity index (χ3v) is 10.1. The molecular weight excluding hydrogens is 543 g/mol. The molecule has 6 unspecified atom stereocenters. The highest BCUT2D eigenvalue weighted by Crippen LogP contribution is 2.65. The Labute approximate surface area is 256 Å². The molecule has 1 saturated heterocycles. The van der Waals surface area contributed by atoms with Gasteiger partial charge in [-0.2, -0.15) is 0 Å². The summed E-state index contributed by atoms with van der Waals surface area (Å²) in [5.41, 5.74) is 1.85. The van der Waals surface area contributed by atoms with Gasteiger partial charge < -0.3 is 29.4 Å². The van der Waals surface area contributed by atoms with E-state index in [4.69, 9.17) is 18.8 Å². The second-order valence-electron chi connectivity index (χ2n) is 14.3. The second kappa shape index (κ2) is 11.6. The van der Waals surface area contributed by atoms with Crippen molar-refractivity contribution in [2.24, 2.45) is 17.3 Å². The van der Waals surface area contributed by atoms with Crippen LogP contribution >= 0.6 is 0 Å². The molecule has 2 bridgehead atoms. The van der Waals surface area contributed by atoms with Gasteiger partial charge in [0.2, 0.25) is 0 Å². The minimum Gasteiger partial charge on any atom is -0.496 e. The summed E-state index contributed by atoms with van der Waals surface area (Å²) >= 11 is 0. The van der Waals surface area contributed by atoms with Crippen molar-refractivity contribution >= 4 is 19.0 Å². The van der Waals surface area contributed by atoms with Crippen molar-refractivity contribution in [1.29, 1.82) is 0 Å². The van der Waals surface area contributed by atoms with Gasteiger partial charge in [0.05, 0.1) is 24.8 Å². The monoisotopic (exact) mass is 590 g/mol. The fraction of sp³-hybridized carbons (Fsp3) is 0.588. The van der Waals surface area contributed by atoms with E-state index in [1.165, 1.54) is 0 Å². The lowest BCUT2D eigenvalue weighted by Gasteiger charge is -2.64. The topological polar surface area (TPSA) is 95.1 Å². The summed E-state index contributed by atoms with van der Waals surface area (Å²) in [5, 5.41) is 6.45. The minimum atomic E-state index is -0.660. The van der Waals surface area contributed by atoms with E-state index in [2.05, 4.69) is 38.3 Å². The molecule has 4 aliphatic rings. The maximum absolute atomic E-state index is 13.7. The van der Waals surface area contributed by atoms with Crippen LogP contribution in [0.1, 0.15) is 99.2 Å². The normalized spacial score (nSPS) is 27.0. The van der Waals surface area contributed by atoms with Crippen molar-refractivity contribution in [2.45, 2.75) is 97.0 Å². The molecule has 43 heavy (non-hydrogen) atoms. The molecule has 232 valence electrons. The molecule has 6 rings (SSSR count). The summed E-state index contributed by atoms with van der Waals surface area (Å²) in [6.45, 7) is 14.4. The first-order valence-electron chi connectivity index (χ1n) is 15.5. The number of amides is 1. The van der Waals surface area contributed by atoms with Crippen LogP contribution in [0.15, 0.2) is 42.5 Å². The third-order valence-electron chi connectivity index (χ3n) is 10.1. The molecule has 0 aromatic heterocycles. The van der Waals surface area contributed by atoms with Gasteiger partial charge >= 0.3 is 13.1 Å². The number of para-hydroxylation sites is 1. The third kappa shape index (κ3) is 5.96. The number of ether oxygens (including phenoxy) is 2.